The lowest BCUT2D eigenvalue weighted by Gasteiger charge is -2.08. The Morgan fingerprint density at radius 2 is 2.20 bits per heavy atom. The summed E-state index contributed by atoms with van der Waals surface area (Å²) in [5.74, 6) is -2.11. The van der Waals surface area contributed by atoms with Crippen LogP contribution < -0.4 is 5.56 Å². The molecule has 3 rings (SSSR count). The second-order valence-corrected chi connectivity index (χ2v) is 5.39. The van der Waals surface area contributed by atoms with Crippen LogP contribution in [-0.4, -0.2) is 19.7 Å². The van der Waals surface area contributed by atoms with Crippen molar-refractivity contribution in [2.45, 2.75) is 19.4 Å². The quantitative estimate of drug-likeness (QED) is 0.517. The minimum atomic E-state index is -1.34. The Hall–Kier alpha value is -3.25. The van der Waals surface area contributed by atoms with Gasteiger partial charge in [-0.05, 0) is 24.0 Å². The van der Waals surface area contributed by atoms with E-state index in [9.17, 15) is 20.2 Å². The molecule has 0 bridgehead atoms. The Labute approximate surface area is 145 Å². The van der Waals surface area contributed by atoms with Gasteiger partial charge in [0.15, 0.2) is 11.5 Å². The largest absolute Gasteiger partial charge is 0.439 e. The van der Waals surface area contributed by atoms with Crippen molar-refractivity contribution in [3.63, 3.8) is 0 Å². The summed E-state index contributed by atoms with van der Waals surface area (Å²) in [6.45, 7) is 1.69. The first-order valence-corrected chi connectivity index (χ1v) is 7.55. The summed E-state index contributed by atoms with van der Waals surface area (Å²) in [5, 5.41) is 24.2. The first kappa shape index (κ1) is 16.6. The van der Waals surface area contributed by atoms with E-state index in [4.69, 9.17) is 16.0 Å². The molecule has 0 N–H and O–H groups in total. The van der Waals surface area contributed by atoms with Crippen LogP contribution >= 0.6 is 11.6 Å². The van der Waals surface area contributed by atoms with Gasteiger partial charge in [0.1, 0.15) is 16.1 Å². The van der Waals surface area contributed by atoms with Gasteiger partial charge in [-0.25, -0.2) is 4.98 Å². The van der Waals surface area contributed by atoms with E-state index in [1.165, 1.54) is 0 Å². The highest BCUT2D eigenvalue weighted by molar-refractivity contribution is 6.31. The van der Waals surface area contributed by atoms with E-state index < -0.39 is 27.2 Å². The smallest absolute Gasteiger partial charge is 0.395 e. The van der Waals surface area contributed by atoms with E-state index in [0.29, 0.717) is 11.1 Å². The molecule has 0 aliphatic carbocycles. The number of nitriles is 1. The molecule has 0 radical (unpaired) electrons. The summed E-state index contributed by atoms with van der Waals surface area (Å²) in [7, 11) is 0. The van der Waals surface area contributed by atoms with Gasteiger partial charge in [0.25, 0.3) is 0 Å². The number of para-hydroxylation sites is 2. The van der Waals surface area contributed by atoms with Gasteiger partial charge in [0, 0.05) is 0 Å². The van der Waals surface area contributed by atoms with Crippen LogP contribution in [0.1, 0.15) is 24.3 Å². The fourth-order valence-electron chi connectivity index (χ4n) is 2.40. The Bertz CT molecular complexity index is 1050. The van der Waals surface area contributed by atoms with E-state index in [-0.39, 0.29) is 18.0 Å². The van der Waals surface area contributed by atoms with Gasteiger partial charge in [-0.3, -0.25) is 4.79 Å². The number of hydrogen-bond donors (Lipinski definition) is 0. The molecule has 1 aromatic carbocycles. The van der Waals surface area contributed by atoms with Crippen molar-refractivity contribution in [3.05, 3.63) is 61.2 Å². The third-order valence-corrected chi connectivity index (χ3v) is 3.93. The van der Waals surface area contributed by atoms with Crippen LogP contribution in [0.4, 0.5) is 5.82 Å². The second kappa shape index (κ2) is 6.33. The van der Waals surface area contributed by atoms with Crippen LogP contribution in [0.2, 0.25) is 5.02 Å². The molecule has 0 unspecified atom stereocenters. The number of halogens is 1. The average molecular weight is 360 g/mol. The predicted octanol–water partition coefficient (Wildman–Crippen LogP) is 2.62. The fraction of sp³-hybridized carbons (Fsp3) is 0.200. The Morgan fingerprint density at radius 1 is 1.48 bits per heavy atom. The maximum atomic E-state index is 12.2. The lowest BCUT2D eigenvalue weighted by molar-refractivity contribution is -0.391. The van der Waals surface area contributed by atoms with E-state index >= 15 is 0 Å². The van der Waals surface area contributed by atoms with Gasteiger partial charge >= 0.3 is 11.4 Å². The van der Waals surface area contributed by atoms with Crippen molar-refractivity contribution in [3.8, 4) is 6.07 Å². The van der Waals surface area contributed by atoms with Crippen LogP contribution in [0.3, 0.4) is 0 Å². The van der Waals surface area contributed by atoms with Crippen molar-refractivity contribution in [1.29, 1.82) is 5.26 Å². The number of hydrogen-bond acceptors (Lipinski definition) is 7. The summed E-state index contributed by atoms with van der Waals surface area (Å²) >= 11 is 6.05. The molecule has 2 heterocycles. The van der Waals surface area contributed by atoms with Crippen LogP contribution in [0.15, 0.2) is 33.5 Å². The Balaban J connectivity index is 2.28. The first-order valence-electron chi connectivity index (χ1n) is 7.17. The molecular weight excluding hydrogens is 350 g/mol. The number of fused-ring (bicyclic) bond motifs is 1. The molecule has 0 aliphatic rings. The van der Waals surface area contributed by atoms with Crippen LogP contribution in [-0.2, 0) is 6.54 Å². The minimum Gasteiger partial charge on any atom is -0.439 e. The number of rotatable bonds is 4. The van der Waals surface area contributed by atoms with E-state index in [1.54, 1.807) is 31.2 Å². The zero-order valence-electron chi connectivity index (χ0n) is 12.8. The highest BCUT2D eigenvalue weighted by Crippen LogP contribution is 2.34. The van der Waals surface area contributed by atoms with E-state index in [0.717, 1.165) is 4.68 Å². The van der Waals surface area contributed by atoms with Gasteiger partial charge in [-0.2, -0.15) is 5.26 Å². The molecule has 0 aliphatic heterocycles. The molecule has 0 spiro atoms. The van der Waals surface area contributed by atoms with Gasteiger partial charge in [0.05, 0.1) is 17.7 Å². The SMILES string of the molecule is CCn1nc([N+](=O)[O-])c([C@@H](C#N)c2nc3ccccc3o2)c(Cl)c1=O. The second-order valence-electron chi connectivity index (χ2n) is 5.01. The lowest BCUT2D eigenvalue weighted by Crippen LogP contribution is -2.26. The highest BCUT2D eigenvalue weighted by atomic mass is 35.5. The van der Waals surface area contributed by atoms with Gasteiger partial charge in [-0.1, -0.05) is 23.7 Å². The lowest BCUT2D eigenvalue weighted by atomic mass is 10.0. The number of aryl methyl sites for hydroxylation is 1. The number of benzene rings is 1. The summed E-state index contributed by atoms with van der Waals surface area (Å²) in [4.78, 5) is 27.0. The van der Waals surface area contributed by atoms with Crippen LogP contribution in [0.25, 0.3) is 11.1 Å². The van der Waals surface area contributed by atoms with Crippen molar-refractivity contribution in [2.24, 2.45) is 0 Å². The molecule has 0 saturated carbocycles. The number of nitrogens with zero attached hydrogens (tertiary/aromatic N) is 5. The van der Waals surface area contributed by atoms with Gasteiger partial charge in [0.2, 0.25) is 5.89 Å². The van der Waals surface area contributed by atoms with Crippen molar-refractivity contribution in [1.82, 2.24) is 14.8 Å². The summed E-state index contributed by atoms with van der Waals surface area (Å²) in [5.41, 5.74) is -0.158. The number of aromatic nitrogens is 3. The average Bonchev–Trinajstić information content (AvgIpc) is 3.02. The molecule has 1 atom stereocenters. The number of oxazole rings is 1. The first-order chi connectivity index (χ1) is 12.0. The standard InChI is InChI=1S/C15H10ClN5O4/c1-2-20-15(22)12(16)11(13(19-20)21(23)24)8(7-17)14-18-9-5-3-4-6-10(9)25-14/h3-6,8H,2H2,1H3/t8-/m1/s1. The third kappa shape index (κ3) is 2.72. The van der Waals surface area contributed by atoms with Gasteiger partial charge in [-0.15, -0.1) is 4.68 Å². The molecule has 9 nitrogen and oxygen atoms in total. The molecule has 0 amide bonds. The third-order valence-electron chi connectivity index (χ3n) is 3.56. The normalized spacial score (nSPS) is 12.0. The fourth-order valence-corrected chi connectivity index (χ4v) is 2.69. The van der Waals surface area contributed by atoms with Crippen molar-refractivity contribution < 1.29 is 9.34 Å². The molecule has 10 heteroatoms. The Kier molecular flexibility index (Phi) is 4.21. The van der Waals surface area contributed by atoms with Crippen molar-refractivity contribution in [2.75, 3.05) is 0 Å². The topological polar surface area (TPSA) is 128 Å². The molecule has 3 aromatic rings. The summed E-state index contributed by atoms with van der Waals surface area (Å²) in [6.07, 6.45) is 0. The molecule has 2 aromatic heterocycles. The monoisotopic (exact) mass is 359 g/mol. The molecular formula is C15H10ClN5O4. The number of nitro groups is 1. The van der Waals surface area contributed by atoms with Crippen LogP contribution in [0.5, 0.6) is 0 Å². The van der Waals surface area contributed by atoms with E-state index in [2.05, 4.69) is 10.1 Å². The zero-order chi connectivity index (χ0) is 18.1. The van der Waals surface area contributed by atoms with Crippen molar-refractivity contribution >= 4 is 28.5 Å². The molecule has 0 fully saturated rings. The zero-order valence-corrected chi connectivity index (χ0v) is 13.6. The van der Waals surface area contributed by atoms with E-state index in [1.807, 2.05) is 6.07 Å². The molecule has 126 valence electrons. The van der Waals surface area contributed by atoms with Gasteiger partial charge < -0.3 is 14.5 Å². The van der Waals surface area contributed by atoms with Crippen LogP contribution in [0, 0.1) is 21.4 Å². The highest BCUT2D eigenvalue weighted by Gasteiger charge is 2.34. The summed E-state index contributed by atoms with van der Waals surface area (Å²) < 4.78 is 6.38. The predicted molar refractivity (Wildman–Crippen MR) is 87.3 cm³/mol. The summed E-state index contributed by atoms with van der Waals surface area (Å²) in [6, 6.07) is 8.62. The Morgan fingerprint density at radius 3 is 2.80 bits per heavy atom. The minimum absolute atomic E-state index is 0.0934. The molecule has 0 saturated heterocycles. The molecule has 25 heavy (non-hydrogen) atoms. The maximum absolute atomic E-state index is 12.2. The maximum Gasteiger partial charge on any atom is 0.395 e.